The first-order chi connectivity index (χ1) is 8.40. The van der Waals surface area contributed by atoms with Crippen molar-refractivity contribution in [3.05, 3.63) is 0 Å². The van der Waals surface area contributed by atoms with E-state index in [0.717, 1.165) is 0 Å². The summed E-state index contributed by atoms with van der Waals surface area (Å²) in [5.41, 5.74) is 7.31. The van der Waals surface area contributed by atoms with Crippen molar-refractivity contribution in [2.75, 3.05) is 0 Å². The Morgan fingerprint density at radius 2 is 1.72 bits per heavy atom. The minimum atomic E-state index is 0.128. The summed E-state index contributed by atoms with van der Waals surface area (Å²) in [6.45, 7) is 9.41. The van der Waals surface area contributed by atoms with Gasteiger partial charge in [-0.3, -0.25) is 0 Å². The van der Waals surface area contributed by atoms with Crippen molar-refractivity contribution < 1.29 is 0 Å². The second-order valence-electron chi connectivity index (χ2n) is 7.56. The monoisotopic (exact) mass is 253 g/mol. The molecule has 1 saturated carbocycles. The van der Waals surface area contributed by atoms with Crippen molar-refractivity contribution in [3.63, 3.8) is 0 Å². The lowest BCUT2D eigenvalue weighted by atomic mass is 9.61. The van der Waals surface area contributed by atoms with Gasteiger partial charge in [0.15, 0.2) is 0 Å². The van der Waals surface area contributed by atoms with Crippen molar-refractivity contribution >= 4 is 0 Å². The molecule has 0 radical (unpaired) electrons. The van der Waals surface area contributed by atoms with Crippen LogP contribution in [0.25, 0.3) is 0 Å². The maximum absolute atomic E-state index is 6.80. The predicted molar refractivity (Wildman–Crippen MR) is 81.7 cm³/mol. The molecule has 0 aliphatic heterocycles. The molecular formula is C17H35N. The van der Waals surface area contributed by atoms with Gasteiger partial charge < -0.3 is 5.73 Å². The normalized spacial score (nSPS) is 29.5. The number of nitrogens with two attached hydrogens (primary N) is 1. The van der Waals surface area contributed by atoms with Gasteiger partial charge in [0.05, 0.1) is 0 Å². The van der Waals surface area contributed by atoms with Crippen LogP contribution in [0.3, 0.4) is 0 Å². The van der Waals surface area contributed by atoms with E-state index >= 15 is 0 Å². The molecule has 1 nitrogen and oxygen atoms in total. The minimum Gasteiger partial charge on any atom is -0.325 e. The summed E-state index contributed by atoms with van der Waals surface area (Å²) in [5, 5.41) is 0. The van der Waals surface area contributed by atoms with E-state index in [1.54, 1.807) is 0 Å². The molecule has 1 fully saturated rings. The fourth-order valence-corrected chi connectivity index (χ4v) is 3.92. The van der Waals surface area contributed by atoms with Gasteiger partial charge in [-0.2, -0.15) is 0 Å². The summed E-state index contributed by atoms with van der Waals surface area (Å²) in [7, 11) is 0. The molecule has 2 N–H and O–H groups in total. The molecule has 0 amide bonds. The molecule has 0 saturated heterocycles. The fraction of sp³-hybridized carbons (Fsp3) is 1.00. The maximum atomic E-state index is 6.80. The van der Waals surface area contributed by atoms with Crippen LogP contribution in [0.15, 0.2) is 0 Å². The third-order valence-electron chi connectivity index (χ3n) is 4.87. The highest BCUT2D eigenvalue weighted by Crippen LogP contribution is 2.45. The second-order valence-corrected chi connectivity index (χ2v) is 7.56. The van der Waals surface area contributed by atoms with Crippen molar-refractivity contribution in [2.24, 2.45) is 17.1 Å². The summed E-state index contributed by atoms with van der Waals surface area (Å²) in [6.07, 6.45) is 13.4. The van der Waals surface area contributed by atoms with Crippen LogP contribution < -0.4 is 5.73 Å². The zero-order chi connectivity index (χ0) is 13.6. The van der Waals surface area contributed by atoms with Crippen LogP contribution in [-0.2, 0) is 0 Å². The first-order valence-corrected chi connectivity index (χ1v) is 8.19. The third-order valence-corrected chi connectivity index (χ3v) is 4.87. The van der Waals surface area contributed by atoms with Gasteiger partial charge >= 0.3 is 0 Å². The van der Waals surface area contributed by atoms with Crippen LogP contribution >= 0.6 is 0 Å². The van der Waals surface area contributed by atoms with Gasteiger partial charge in [0.25, 0.3) is 0 Å². The molecule has 18 heavy (non-hydrogen) atoms. The Hall–Kier alpha value is -0.0400. The molecule has 2 unspecified atom stereocenters. The molecule has 1 heteroatoms. The summed E-state index contributed by atoms with van der Waals surface area (Å²) in [5.74, 6) is 0.713. The van der Waals surface area contributed by atoms with E-state index in [9.17, 15) is 0 Å². The van der Waals surface area contributed by atoms with E-state index in [-0.39, 0.29) is 5.54 Å². The summed E-state index contributed by atoms with van der Waals surface area (Å²) in [4.78, 5) is 0. The molecule has 1 aliphatic rings. The van der Waals surface area contributed by atoms with E-state index < -0.39 is 0 Å². The van der Waals surface area contributed by atoms with Crippen molar-refractivity contribution in [1.29, 1.82) is 0 Å². The van der Waals surface area contributed by atoms with Crippen LogP contribution in [0.4, 0.5) is 0 Å². The Morgan fingerprint density at radius 3 is 2.33 bits per heavy atom. The molecule has 0 bridgehead atoms. The maximum Gasteiger partial charge on any atom is 0.0187 e. The predicted octanol–water partition coefficient (Wildman–Crippen LogP) is 5.28. The smallest absolute Gasteiger partial charge is 0.0187 e. The van der Waals surface area contributed by atoms with E-state index in [0.29, 0.717) is 11.3 Å². The topological polar surface area (TPSA) is 26.0 Å². The van der Waals surface area contributed by atoms with Crippen LogP contribution in [0, 0.1) is 11.3 Å². The van der Waals surface area contributed by atoms with Gasteiger partial charge in [-0.1, -0.05) is 72.6 Å². The van der Waals surface area contributed by atoms with E-state index in [4.69, 9.17) is 5.73 Å². The first kappa shape index (κ1) is 16.0. The van der Waals surface area contributed by atoms with Crippen LogP contribution in [0.1, 0.15) is 91.9 Å². The highest BCUT2D eigenvalue weighted by atomic mass is 14.8. The Kier molecular flexibility index (Phi) is 6.17. The molecule has 0 aromatic carbocycles. The average molecular weight is 253 g/mol. The standard InChI is InChI=1S/C17H35N/c1-5-6-7-8-10-13-17(18)14-11-9-12-15(17)16(2,3)4/h15H,5-14,18H2,1-4H3. The average Bonchev–Trinajstić information content (AvgIpc) is 2.27. The molecule has 1 aliphatic carbocycles. The summed E-state index contributed by atoms with van der Waals surface area (Å²) >= 11 is 0. The number of hydrogen-bond donors (Lipinski definition) is 1. The Balaban J connectivity index is 2.46. The minimum absolute atomic E-state index is 0.128. The quantitative estimate of drug-likeness (QED) is 0.640. The molecule has 0 spiro atoms. The van der Waals surface area contributed by atoms with Crippen molar-refractivity contribution in [3.8, 4) is 0 Å². The Morgan fingerprint density at radius 1 is 1.06 bits per heavy atom. The van der Waals surface area contributed by atoms with E-state index in [2.05, 4.69) is 27.7 Å². The third kappa shape index (κ3) is 4.57. The van der Waals surface area contributed by atoms with Gasteiger partial charge in [-0.15, -0.1) is 0 Å². The van der Waals surface area contributed by atoms with Crippen LogP contribution in [0.2, 0.25) is 0 Å². The molecular weight excluding hydrogens is 218 g/mol. The van der Waals surface area contributed by atoms with Crippen LogP contribution in [0.5, 0.6) is 0 Å². The SMILES string of the molecule is CCCCCCCC1(N)CCCCC1C(C)(C)C. The molecule has 1 rings (SSSR count). The second kappa shape index (κ2) is 6.93. The molecule has 0 aromatic heterocycles. The molecule has 2 atom stereocenters. The van der Waals surface area contributed by atoms with Gasteiger partial charge in [-0.25, -0.2) is 0 Å². The van der Waals surface area contributed by atoms with Gasteiger partial charge in [0.2, 0.25) is 0 Å². The van der Waals surface area contributed by atoms with E-state index in [1.165, 1.54) is 64.2 Å². The Bertz CT molecular complexity index is 228. The lowest BCUT2D eigenvalue weighted by Gasteiger charge is -2.48. The van der Waals surface area contributed by atoms with E-state index in [1.807, 2.05) is 0 Å². The zero-order valence-corrected chi connectivity index (χ0v) is 13.2. The lowest BCUT2D eigenvalue weighted by molar-refractivity contribution is 0.0710. The molecule has 0 heterocycles. The highest BCUT2D eigenvalue weighted by molar-refractivity contribution is 4.98. The van der Waals surface area contributed by atoms with Crippen molar-refractivity contribution in [1.82, 2.24) is 0 Å². The van der Waals surface area contributed by atoms with Gasteiger partial charge in [-0.05, 0) is 30.6 Å². The molecule has 108 valence electrons. The first-order valence-electron chi connectivity index (χ1n) is 8.19. The van der Waals surface area contributed by atoms with Gasteiger partial charge in [0.1, 0.15) is 0 Å². The van der Waals surface area contributed by atoms with Crippen LogP contribution in [-0.4, -0.2) is 5.54 Å². The lowest BCUT2D eigenvalue weighted by Crippen LogP contribution is -2.53. The zero-order valence-electron chi connectivity index (χ0n) is 13.2. The van der Waals surface area contributed by atoms with Crippen molar-refractivity contribution in [2.45, 2.75) is 97.4 Å². The number of unbranched alkanes of at least 4 members (excludes halogenated alkanes) is 4. The summed E-state index contributed by atoms with van der Waals surface area (Å²) < 4.78 is 0. The Labute approximate surface area is 115 Å². The fourth-order valence-electron chi connectivity index (χ4n) is 3.92. The highest BCUT2D eigenvalue weighted by Gasteiger charge is 2.42. The van der Waals surface area contributed by atoms with Gasteiger partial charge in [0, 0.05) is 5.54 Å². The number of hydrogen-bond acceptors (Lipinski definition) is 1. The molecule has 0 aromatic rings. The number of rotatable bonds is 6. The summed E-state index contributed by atoms with van der Waals surface area (Å²) in [6, 6.07) is 0. The largest absolute Gasteiger partial charge is 0.325 e.